The third kappa shape index (κ3) is 3.79. The van der Waals surface area contributed by atoms with E-state index in [-0.39, 0.29) is 5.41 Å². The minimum absolute atomic E-state index is 0.0803. The van der Waals surface area contributed by atoms with Crippen LogP contribution in [0.15, 0.2) is 22.8 Å². The van der Waals surface area contributed by atoms with Crippen LogP contribution in [0.25, 0.3) is 0 Å². The monoisotopic (exact) mass is 296 g/mol. The van der Waals surface area contributed by atoms with E-state index in [0.29, 0.717) is 17.3 Å². The number of hydrogen-bond donors (Lipinski definition) is 0. The van der Waals surface area contributed by atoms with Crippen molar-refractivity contribution >= 4 is 15.8 Å². The van der Waals surface area contributed by atoms with Crippen LogP contribution in [-0.4, -0.2) is 26.8 Å². The van der Waals surface area contributed by atoms with Crippen LogP contribution in [0.4, 0.5) is 4.79 Å². The summed E-state index contributed by atoms with van der Waals surface area (Å²) >= 11 is 0. The molecule has 20 heavy (non-hydrogen) atoms. The average Bonchev–Trinajstić information content (AvgIpc) is 2.74. The fourth-order valence-corrected chi connectivity index (χ4v) is 3.99. The first-order chi connectivity index (χ1) is 9.28. The lowest BCUT2D eigenvalue weighted by molar-refractivity contribution is 0.211. The Kier molecular flexibility index (Phi) is 4.13. The van der Waals surface area contributed by atoms with E-state index in [1.165, 1.54) is 6.20 Å². The lowest BCUT2D eigenvalue weighted by Crippen LogP contribution is -2.13. The summed E-state index contributed by atoms with van der Waals surface area (Å²) < 4.78 is 21.0. The number of rotatable bonds is 1. The van der Waals surface area contributed by atoms with E-state index in [9.17, 15) is 9.00 Å². The molecule has 0 spiro atoms. The standard InChI is InChI=1S/C14H20N2O3S/c1-14(2,3)11-8-12(10-15-9-11)19-13(17)16-20(18)6-4-5-7-20/h8-10H,4-7H2,1-3H3. The zero-order valence-electron chi connectivity index (χ0n) is 12.1. The number of hydrogen-bond acceptors (Lipinski definition) is 4. The number of amides is 1. The molecule has 2 heterocycles. The first-order valence-corrected chi connectivity index (χ1v) is 8.54. The number of ether oxygens (including phenoxy) is 1. The summed E-state index contributed by atoms with van der Waals surface area (Å²) in [4.78, 5) is 15.8. The zero-order valence-corrected chi connectivity index (χ0v) is 12.9. The average molecular weight is 296 g/mol. The van der Waals surface area contributed by atoms with Crippen molar-refractivity contribution < 1.29 is 13.7 Å². The topological polar surface area (TPSA) is 68.6 Å². The van der Waals surface area contributed by atoms with Crippen LogP contribution in [0.3, 0.4) is 0 Å². The molecule has 0 bridgehead atoms. The number of aromatic nitrogens is 1. The van der Waals surface area contributed by atoms with Gasteiger partial charge in [0, 0.05) is 17.7 Å². The largest absolute Gasteiger partial charge is 0.447 e. The van der Waals surface area contributed by atoms with Gasteiger partial charge in [0.15, 0.2) is 5.75 Å². The summed E-state index contributed by atoms with van der Waals surface area (Å²) in [5.41, 5.74) is 0.885. The molecule has 6 heteroatoms. The molecule has 0 unspecified atom stereocenters. The Morgan fingerprint density at radius 3 is 2.55 bits per heavy atom. The van der Waals surface area contributed by atoms with Crippen molar-refractivity contribution in [1.29, 1.82) is 0 Å². The molecule has 0 aliphatic carbocycles. The predicted molar refractivity (Wildman–Crippen MR) is 78.5 cm³/mol. The maximum absolute atomic E-state index is 12.1. The zero-order chi connectivity index (χ0) is 14.8. The highest BCUT2D eigenvalue weighted by Gasteiger charge is 2.20. The van der Waals surface area contributed by atoms with Crippen molar-refractivity contribution in [3.63, 3.8) is 0 Å². The maximum atomic E-state index is 12.1. The third-order valence-electron chi connectivity index (χ3n) is 3.20. The van der Waals surface area contributed by atoms with Crippen LogP contribution in [-0.2, 0) is 15.1 Å². The van der Waals surface area contributed by atoms with E-state index in [0.717, 1.165) is 18.4 Å². The van der Waals surface area contributed by atoms with E-state index < -0.39 is 15.8 Å². The molecule has 2 rings (SSSR count). The smallest absolute Gasteiger partial charge is 0.407 e. The Balaban J connectivity index is 2.15. The molecule has 1 saturated heterocycles. The van der Waals surface area contributed by atoms with E-state index in [2.05, 4.69) is 30.1 Å². The van der Waals surface area contributed by atoms with Gasteiger partial charge in [-0.25, -0.2) is 9.00 Å². The lowest BCUT2D eigenvalue weighted by Gasteiger charge is -2.18. The van der Waals surface area contributed by atoms with Gasteiger partial charge >= 0.3 is 6.09 Å². The molecule has 110 valence electrons. The second-order valence-corrected chi connectivity index (χ2v) is 8.55. The quantitative estimate of drug-likeness (QED) is 0.798. The fraction of sp³-hybridized carbons (Fsp3) is 0.571. The van der Waals surface area contributed by atoms with Gasteiger partial charge in [0.05, 0.1) is 15.9 Å². The van der Waals surface area contributed by atoms with Crippen LogP contribution in [0.5, 0.6) is 5.75 Å². The van der Waals surface area contributed by atoms with Gasteiger partial charge in [-0.2, -0.15) is 0 Å². The second kappa shape index (κ2) is 5.52. The van der Waals surface area contributed by atoms with Crippen LogP contribution < -0.4 is 4.74 Å². The Hall–Kier alpha value is -1.43. The highest BCUT2D eigenvalue weighted by atomic mass is 32.2. The predicted octanol–water partition coefficient (Wildman–Crippen LogP) is 3.14. The lowest BCUT2D eigenvalue weighted by atomic mass is 9.88. The fourth-order valence-electron chi connectivity index (χ4n) is 1.99. The number of nitrogens with zero attached hydrogens (tertiary/aromatic N) is 2. The molecule has 1 aromatic heterocycles. The summed E-state index contributed by atoms with van der Waals surface area (Å²) in [6.07, 6.45) is 4.13. The number of pyridine rings is 1. The normalized spacial score (nSPS) is 17.8. The van der Waals surface area contributed by atoms with Crippen LogP contribution >= 0.6 is 0 Å². The Labute approximate surface area is 119 Å². The van der Waals surface area contributed by atoms with Crippen molar-refractivity contribution in [3.8, 4) is 5.75 Å². The van der Waals surface area contributed by atoms with E-state index in [1.54, 1.807) is 12.3 Å². The summed E-state index contributed by atoms with van der Waals surface area (Å²) in [5, 5.41) is 0. The maximum Gasteiger partial charge on any atom is 0.447 e. The van der Waals surface area contributed by atoms with Gasteiger partial charge < -0.3 is 4.74 Å². The minimum atomic E-state index is -2.38. The molecule has 0 atom stereocenters. The second-order valence-electron chi connectivity index (χ2n) is 6.01. The summed E-state index contributed by atoms with van der Waals surface area (Å²) in [5.74, 6) is 1.32. The van der Waals surface area contributed by atoms with Gasteiger partial charge in [0.25, 0.3) is 0 Å². The van der Waals surface area contributed by atoms with Crippen molar-refractivity contribution in [3.05, 3.63) is 24.0 Å². The van der Waals surface area contributed by atoms with Crippen molar-refractivity contribution in [2.75, 3.05) is 11.5 Å². The number of carbonyl (C=O) groups excluding carboxylic acids is 1. The van der Waals surface area contributed by atoms with Gasteiger partial charge in [-0.3, -0.25) is 4.98 Å². The van der Waals surface area contributed by atoms with Crippen molar-refractivity contribution in [1.82, 2.24) is 4.98 Å². The molecule has 0 saturated carbocycles. The molecule has 1 amide bonds. The molecular formula is C14H20N2O3S. The Morgan fingerprint density at radius 1 is 1.30 bits per heavy atom. The summed E-state index contributed by atoms with van der Waals surface area (Å²) in [6.45, 7) is 6.15. The molecular weight excluding hydrogens is 276 g/mol. The van der Waals surface area contributed by atoms with Gasteiger partial charge in [0.1, 0.15) is 0 Å². The summed E-state index contributed by atoms with van der Waals surface area (Å²) in [6, 6.07) is 1.77. The molecule has 1 fully saturated rings. The van der Waals surface area contributed by atoms with Crippen molar-refractivity contribution in [2.24, 2.45) is 4.36 Å². The summed E-state index contributed by atoms with van der Waals surface area (Å²) in [7, 11) is -2.38. The van der Waals surface area contributed by atoms with Crippen LogP contribution in [0, 0.1) is 0 Å². The van der Waals surface area contributed by atoms with E-state index in [4.69, 9.17) is 4.74 Å². The number of carbonyl (C=O) groups is 1. The van der Waals surface area contributed by atoms with Crippen LogP contribution in [0.2, 0.25) is 0 Å². The first kappa shape index (κ1) is 15.0. The first-order valence-electron chi connectivity index (χ1n) is 6.68. The van der Waals surface area contributed by atoms with Gasteiger partial charge in [-0.15, -0.1) is 4.36 Å². The van der Waals surface area contributed by atoms with Crippen molar-refractivity contribution in [2.45, 2.75) is 39.0 Å². The molecule has 0 N–H and O–H groups in total. The molecule has 1 aliphatic rings. The van der Waals surface area contributed by atoms with Gasteiger partial charge in [-0.1, -0.05) is 20.8 Å². The minimum Gasteiger partial charge on any atom is -0.407 e. The molecule has 0 radical (unpaired) electrons. The van der Waals surface area contributed by atoms with Crippen LogP contribution in [0.1, 0.15) is 39.2 Å². The molecule has 1 aliphatic heterocycles. The highest BCUT2D eigenvalue weighted by Crippen LogP contribution is 2.24. The highest BCUT2D eigenvalue weighted by molar-refractivity contribution is 7.94. The Morgan fingerprint density at radius 2 is 1.95 bits per heavy atom. The van der Waals surface area contributed by atoms with E-state index in [1.807, 2.05) is 0 Å². The van der Waals surface area contributed by atoms with E-state index >= 15 is 0 Å². The molecule has 5 nitrogen and oxygen atoms in total. The molecule has 0 aromatic carbocycles. The third-order valence-corrected chi connectivity index (χ3v) is 5.54. The molecule has 1 aromatic rings. The SMILES string of the molecule is CC(C)(C)c1cncc(OC(=O)N=S2(=O)CCCC2)c1. The Bertz CT molecular complexity index is 614. The van der Waals surface area contributed by atoms with Gasteiger partial charge in [-0.05, 0) is 29.9 Å². The van der Waals surface area contributed by atoms with Gasteiger partial charge in [0.2, 0.25) is 0 Å².